The zero-order valence-corrected chi connectivity index (χ0v) is 9.12. The van der Waals surface area contributed by atoms with E-state index in [0.29, 0.717) is 11.5 Å². The third-order valence-electron chi connectivity index (χ3n) is 2.06. The Balaban J connectivity index is 3.06. The van der Waals surface area contributed by atoms with Gasteiger partial charge in [-0.3, -0.25) is 0 Å². The van der Waals surface area contributed by atoms with E-state index in [0.717, 1.165) is 11.1 Å². The van der Waals surface area contributed by atoms with Crippen LogP contribution in [-0.2, 0) is 0 Å². The maximum atomic E-state index is 8.70. The summed E-state index contributed by atoms with van der Waals surface area (Å²) in [5.74, 6) is 1.34. The lowest BCUT2D eigenvalue weighted by atomic mass is 10.1. The van der Waals surface area contributed by atoms with Gasteiger partial charge in [0.15, 0.2) is 11.5 Å². The summed E-state index contributed by atoms with van der Waals surface area (Å²) >= 11 is 0. The summed E-state index contributed by atoms with van der Waals surface area (Å²) in [4.78, 5) is 0. The normalized spacial score (nSPS) is 9.80. The van der Waals surface area contributed by atoms with Crippen molar-refractivity contribution >= 4 is 6.08 Å². The van der Waals surface area contributed by atoms with Gasteiger partial charge in [0.2, 0.25) is 0 Å². The van der Waals surface area contributed by atoms with E-state index >= 15 is 0 Å². The number of aliphatic hydroxyl groups excluding tert-OH is 1. The third-order valence-corrected chi connectivity index (χ3v) is 2.06. The first kappa shape index (κ1) is 11.6. The van der Waals surface area contributed by atoms with Crippen molar-refractivity contribution < 1.29 is 14.6 Å². The van der Waals surface area contributed by atoms with Crippen molar-refractivity contribution in [2.45, 2.75) is 6.92 Å². The van der Waals surface area contributed by atoms with Gasteiger partial charge in [0.05, 0.1) is 13.7 Å². The Hall–Kier alpha value is -1.48. The molecule has 0 saturated carbocycles. The van der Waals surface area contributed by atoms with Gasteiger partial charge in [-0.1, -0.05) is 12.7 Å². The molecule has 0 unspecified atom stereocenters. The Morgan fingerprint density at radius 3 is 2.73 bits per heavy atom. The minimum atomic E-state index is -0.00813. The zero-order chi connectivity index (χ0) is 11.3. The second-order valence-electron chi connectivity index (χ2n) is 3.15. The molecule has 0 saturated heterocycles. The predicted molar refractivity (Wildman–Crippen MR) is 60.4 cm³/mol. The van der Waals surface area contributed by atoms with Crippen LogP contribution in [0.5, 0.6) is 11.5 Å². The van der Waals surface area contributed by atoms with Crippen LogP contribution in [0.2, 0.25) is 0 Å². The van der Waals surface area contributed by atoms with Crippen molar-refractivity contribution in [3.05, 3.63) is 29.8 Å². The summed E-state index contributed by atoms with van der Waals surface area (Å²) in [6.07, 6.45) is 1.76. The Labute approximate surface area is 90.0 Å². The molecule has 0 aromatic heterocycles. The minimum absolute atomic E-state index is 0.00813. The van der Waals surface area contributed by atoms with Crippen LogP contribution in [-0.4, -0.2) is 25.4 Å². The molecule has 0 bridgehead atoms. The molecule has 1 aromatic carbocycles. The average Bonchev–Trinajstić information content (AvgIpc) is 2.26. The molecule has 82 valence electrons. The van der Waals surface area contributed by atoms with Gasteiger partial charge < -0.3 is 14.6 Å². The quantitative estimate of drug-likeness (QED) is 0.804. The maximum Gasteiger partial charge on any atom is 0.164 e. The molecule has 15 heavy (non-hydrogen) atoms. The highest BCUT2D eigenvalue weighted by Gasteiger charge is 2.08. The fourth-order valence-corrected chi connectivity index (χ4v) is 1.37. The van der Waals surface area contributed by atoms with Crippen LogP contribution in [0.3, 0.4) is 0 Å². The van der Waals surface area contributed by atoms with Crippen molar-refractivity contribution in [2.75, 3.05) is 20.3 Å². The molecule has 1 N–H and O–H groups in total. The van der Waals surface area contributed by atoms with Gasteiger partial charge in [0, 0.05) is 0 Å². The van der Waals surface area contributed by atoms with Gasteiger partial charge in [-0.2, -0.15) is 0 Å². The van der Waals surface area contributed by atoms with Gasteiger partial charge in [-0.25, -0.2) is 0 Å². The molecule has 0 aliphatic heterocycles. The van der Waals surface area contributed by atoms with Crippen LogP contribution >= 0.6 is 0 Å². The fraction of sp³-hybridized carbons (Fsp3) is 0.333. The number of aliphatic hydroxyl groups is 1. The van der Waals surface area contributed by atoms with Gasteiger partial charge in [0.25, 0.3) is 0 Å². The zero-order valence-electron chi connectivity index (χ0n) is 9.12. The lowest BCUT2D eigenvalue weighted by molar-refractivity contribution is 0.195. The van der Waals surface area contributed by atoms with Gasteiger partial charge >= 0.3 is 0 Å². The number of hydrogen-bond acceptors (Lipinski definition) is 3. The number of rotatable bonds is 5. The SMILES string of the molecule is C=Cc1cc(C)c(OCCO)c(OC)c1. The van der Waals surface area contributed by atoms with Crippen LogP contribution in [0.1, 0.15) is 11.1 Å². The van der Waals surface area contributed by atoms with E-state index in [4.69, 9.17) is 14.6 Å². The van der Waals surface area contributed by atoms with Gasteiger partial charge in [0.1, 0.15) is 6.61 Å². The topological polar surface area (TPSA) is 38.7 Å². The second kappa shape index (κ2) is 5.41. The maximum absolute atomic E-state index is 8.70. The van der Waals surface area contributed by atoms with Crippen LogP contribution in [0, 0.1) is 6.92 Å². The molecule has 0 amide bonds. The van der Waals surface area contributed by atoms with Crippen molar-refractivity contribution in [1.82, 2.24) is 0 Å². The number of aryl methyl sites for hydroxylation is 1. The van der Waals surface area contributed by atoms with Crippen molar-refractivity contribution in [3.63, 3.8) is 0 Å². The van der Waals surface area contributed by atoms with E-state index < -0.39 is 0 Å². The monoisotopic (exact) mass is 208 g/mol. The Kier molecular flexibility index (Phi) is 4.18. The van der Waals surface area contributed by atoms with E-state index in [2.05, 4.69) is 6.58 Å². The molecule has 0 fully saturated rings. The number of ether oxygens (including phenoxy) is 2. The summed E-state index contributed by atoms with van der Waals surface area (Å²) in [5, 5.41) is 8.70. The molecule has 0 atom stereocenters. The number of methoxy groups -OCH3 is 1. The molecule has 3 heteroatoms. The second-order valence-corrected chi connectivity index (χ2v) is 3.15. The highest BCUT2D eigenvalue weighted by atomic mass is 16.5. The molecule has 0 aliphatic rings. The molecule has 1 rings (SSSR count). The van der Waals surface area contributed by atoms with E-state index in [1.54, 1.807) is 13.2 Å². The highest BCUT2D eigenvalue weighted by Crippen LogP contribution is 2.32. The molecular formula is C12H16O3. The van der Waals surface area contributed by atoms with Gasteiger partial charge in [-0.05, 0) is 30.2 Å². The summed E-state index contributed by atoms with van der Waals surface area (Å²) < 4.78 is 10.6. The summed E-state index contributed by atoms with van der Waals surface area (Å²) in [6, 6.07) is 3.81. The van der Waals surface area contributed by atoms with Crippen molar-refractivity contribution in [1.29, 1.82) is 0 Å². The molecule has 3 nitrogen and oxygen atoms in total. The van der Waals surface area contributed by atoms with Crippen LogP contribution < -0.4 is 9.47 Å². The van der Waals surface area contributed by atoms with E-state index in [1.165, 1.54) is 0 Å². The summed E-state index contributed by atoms with van der Waals surface area (Å²) in [5.41, 5.74) is 1.96. The first-order valence-corrected chi connectivity index (χ1v) is 4.77. The summed E-state index contributed by atoms with van der Waals surface area (Å²) in [6.45, 7) is 5.90. The Morgan fingerprint density at radius 1 is 1.47 bits per heavy atom. The largest absolute Gasteiger partial charge is 0.493 e. The molecule has 0 aliphatic carbocycles. The first-order chi connectivity index (χ1) is 7.22. The van der Waals surface area contributed by atoms with Gasteiger partial charge in [-0.15, -0.1) is 0 Å². The average molecular weight is 208 g/mol. The molecular weight excluding hydrogens is 192 g/mol. The number of hydrogen-bond donors (Lipinski definition) is 1. The minimum Gasteiger partial charge on any atom is -0.493 e. The molecule has 0 spiro atoms. The van der Waals surface area contributed by atoms with Crippen molar-refractivity contribution in [2.24, 2.45) is 0 Å². The molecule has 1 aromatic rings. The summed E-state index contributed by atoms with van der Waals surface area (Å²) in [7, 11) is 1.59. The van der Waals surface area contributed by atoms with E-state index in [1.807, 2.05) is 19.1 Å². The highest BCUT2D eigenvalue weighted by molar-refractivity contribution is 5.57. The fourth-order valence-electron chi connectivity index (χ4n) is 1.37. The Bertz CT molecular complexity index is 345. The lowest BCUT2D eigenvalue weighted by Gasteiger charge is -2.13. The third kappa shape index (κ3) is 2.73. The predicted octanol–water partition coefficient (Wildman–Crippen LogP) is 2.02. The number of benzene rings is 1. The standard InChI is InChI=1S/C12H16O3/c1-4-10-7-9(2)12(15-6-5-13)11(8-10)14-3/h4,7-8,13H,1,5-6H2,2-3H3. The van der Waals surface area contributed by atoms with Crippen LogP contribution in [0.25, 0.3) is 6.08 Å². The lowest BCUT2D eigenvalue weighted by Crippen LogP contribution is -2.04. The molecule has 0 radical (unpaired) electrons. The smallest absolute Gasteiger partial charge is 0.164 e. The molecule has 0 heterocycles. The van der Waals surface area contributed by atoms with E-state index in [-0.39, 0.29) is 13.2 Å². The first-order valence-electron chi connectivity index (χ1n) is 4.77. The van der Waals surface area contributed by atoms with E-state index in [9.17, 15) is 0 Å². The van der Waals surface area contributed by atoms with Crippen LogP contribution in [0.4, 0.5) is 0 Å². The van der Waals surface area contributed by atoms with Crippen LogP contribution in [0.15, 0.2) is 18.7 Å². The Morgan fingerprint density at radius 2 is 2.20 bits per heavy atom. The van der Waals surface area contributed by atoms with Crippen molar-refractivity contribution in [3.8, 4) is 11.5 Å².